The maximum atomic E-state index is 11.9. The van der Waals surface area contributed by atoms with Gasteiger partial charge in [0.25, 0.3) is 0 Å². The van der Waals surface area contributed by atoms with Crippen LogP contribution in [0.25, 0.3) is 0 Å². The topological polar surface area (TPSA) is 113 Å². The van der Waals surface area contributed by atoms with E-state index in [1.807, 2.05) is 12.1 Å². The minimum Gasteiger partial charge on any atom is -0.469 e. The number of nitrogens with one attached hydrogen (secondary N) is 2. The van der Waals surface area contributed by atoms with Gasteiger partial charge in [0.15, 0.2) is 15.8 Å². The summed E-state index contributed by atoms with van der Waals surface area (Å²) in [6.45, 7) is 3.94. The summed E-state index contributed by atoms with van der Waals surface area (Å²) >= 11 is 0. The van der Waals surface area contributed by atoms with Crippen LogP contribution in [0.2, 0.25) is 0 Å². The van der Waals surface area contributed by atoms with Crippen LogP contribution in [0.4, 0.5) is 4.79 Å². The van der Waals surface area contributed by atoms with Crippen LogP contribution in [0.1, 0.15) is 31.9 Å². The van der Waals surface area contributed by atoms with E-state index < -0.39 is 9.84 Å². The van der Waals surface area contributed by atoms with Gasteiger partial charge in [-0.1, -0.05) is 0 Å². The van der Waals surface area contributed by atoms with Gasteiger partial charge in [0.2, 0.25) is 0 Å². The molecule has 2 N–H and O–H groups in total. The molecule has 0 aromatic carbocycles. The highest BCUT2D eigenvalue weighted by molar-refractivity contribution is 7.91. The van der Waals surface area contributed by atoms with E-state index in [2.05, 4.69) is 15.6 Å². The van der Waals surface area contributed by atoms with Crippen molar-refractivity contribution in [2.24, 2.45) is 4.99 Å². The van der Waals surface area contributed by atoms with Gasteiger partial charge in [0.1, 0.15) is 5.76 Å². The molecule has 1 aromatic heterocycles. The molecule has 1 aromatic rings. The molecular weight excluding hydrogens is 396 g/mol. The molecule has 162 valence electrons. The zero-order valence-electron chi connectivity index (χ0n) is 16.8. The lowest BCUT2D eigenvalue weighted by Gasteiger charge is -2.32. The Morgan fingerprint density at radius 1 is 1.28 bits per heavy atom. The Kier molecular flexibility index (Phi) is 7.40. The summed E-state index contributed by atoms with van der Waals surface area (Å²) in [6.07, 6.45) is 4.18. The summed E-state index contributed by atoms with van der Waals surface area (Å²) in [4.78, 5) is 18.2. The standard InChI is InChI=1S/C19H30N4O5S/c1-2-27-19(24)23-10-6-15(7-11-23)21-18(20-9-5-17-4-3-12-28-17)22-16-8-13-29(25,26)14-16/h3-4,12,15-16H,2,5-11,13-14H2,1H3,(H2,20,21,22). The molecule has 2 aliphatic rings. The predicted octanol–water partition coefficient (Wildman–Crippen LogP) is 1.17. The first kappa shape index (κ1) is 21.5. The van der Waals surface area contributed by atoms with E-state index in [1.54, 1.807) is 18.1 Å². The van der Waals surface area contributed by atoms with Crippen LogP contribution < -0.4 is 10.6 Å². The number of carbonyl (C=O) groups is 1. The smallest absolute Gasteiger partial charge is 0.409 e. The zero-order valence-corrected chi connectivity index (χ0v) is 17.6. The summed E-state index contributed by atoms with van der Waals surface area (Å²) < 4.78 is 33.9. The molecule has 1 atom stereocenters. The average molecular weight is 427 g/mol. The normalized spacial score (nSPS) is 22.4. The van der Waals surface area contributed by atoms with E-state index in [-0.39, 0.29) is 29.7 Å². The molecule has 1 amide bonds. The van der Waals surface area contributed by atoms with Crippen LogP contribution in [0.5, 0.6) is 0 Å². The molecule has 0 spiro atoms. The Bertz CT molecular complexity index is 786. The minimum atomic E-state index is -2.97. The number of rotatable bonds is 6. The number of carbonyl (C=O) groups excluding carboxylic acids is 1. The Morgan fingerprint density at radius 3 is 2.66 bits per heavy atom. The lowest BCUT2D eigenvalue weighted by atomic mass is 10.1. The largest absolute Gasteiger partial charge is 0.469 e. The molecule has 2 saturated heterocycles. The Morgan fingerprint density at radius 2 is 2.03 bits per heavy atom. The lowest BCUT2D eigenvalue weighted by Crippen LogP contribution is -2.52. The molecule has 3 heterocycles. The third-order valence-electron chi connectivity index (χ3n) is 5.14. The molecular formula is C19H30N4O5S. The third kappa shape index (κ3) is 6.66. The summed E-state index contributed by atoms with van der Waals surface area (Å²) in [6, 6.07) is 3.78. The van der Waals surface area contributed by atoms with E-state index in [4.69, 9.17) is 9.15 Å². The van der Waals surface area contributed by atoms with E-state index in [1.165, 1.54) is 0 Å². The molecule has 0 radical (unpaired) electrons. The maximum absolute atomic E-state index is 11.9. The van der Waals surface area contributed by atoms with Crippen LogP contribution >= 0.6 is 0 Å². The second-order valence-corrected chi connectivity index (χ2v) is 9.64. The highest BCUT2D eigenvalue weighted by Crippen LogP contribution is 2.13. The van der Waals surface area contributed by atoms with Gasteiger partial charge in [-0.3, -0.25) is 4.99 Å². The zero-order chi connectivity index (χ0) is 20.7. The molecule has 10 heteroatoms. The van der Waals surface area contributed by atoms with Crippen molar-refractivity contribution in [1.82, 2.24) is 15.5 Å². The van der Waals surface area contributed by atoms with Crippen LogP contribution in [0.15, 0.2) is 27.8 Å². The van der Waals surface area contributed by atoms with Gasteiger partial charge >= 0.3 is 6.09 Å². The number of aliphatic imine (C=N–C) groups is 1. The van der Waals surface area contributed by atoms with Crippen molar-refractivity contribution in [3.63, 3.8) is 0 Å². The quantitative estimate of drug-likeness (QED) is 0.518. The summed E-state index contributed by atoms with van der Waals surface area (Å²) in [5.41, 5.74) is 0. The summed E-state index contributed by atoms with van der Waals surface area (Å²) in [7, 11) is -2.97. The van der Waals surface area contributed by atoms with Gasteiger partial charge in [-0.05, 0) is 38.3 Å². The Hall–Kier alpha value is -2.23. The van der Waals surface area contributed by atoms with Gasteiger partial charge < -0.3 is 24.7 Å². The Labute approximate surface area is 171 Å². The van der Waals surface area contributed by atoms with Gasteiger partial charge in [-0.2, -0.15) is 0 Å². The number of ether oxygens (including phenoxy) is 1. The fourth-order valence-corrected chi connectivity index (χ4v) is 5.26. The number of nitrogens with zero attached hydrogens (tertiary/aromatic N) is 2. The average Bonchev–Trinajstić information content (AvgIpc) is 3.32. The number of furan rings is 1. The van der Waals surface area contributed by atoms with Gasteiger partial charge in [0, 0.05) is 38.1 Å². The molecule has 0 aliphatic carbocycles. The Balaban J connectivity index is 1.55. The highest BCUT2D eigenvalue weighted by Gasteiger charge is 2.29. The van der Waals surface area contributed by atoms with Crippen molar-refractivity contribution in [1.29, 1.82) is 0 Å². The molecule has 0 saturated carbocycles. The SMILES string of the molecule is CCOC(=O)N1CCC(NC(=NCCc2ccco2)NC2CCS(=O)(=O)C2)CC1. The summed E-state index contributed by atoms with van der Waals surface area (Å²) in [5.74, 6) is 1.82. The fourth-order valence-electron chi connectivity index (χ4n) is 3.58. The maximum Gasteiger partial charge on any atom is 0.409 e. The highest BCUT2D eigenvalue weighted by atomic mass is 32.2. The first-order valence-corrected chi connectivity index (χ1v) is 12.0. The van der Waals surface area contributed by atoms with Crippen molar-refractivity contribution in [3.8, 4) is 0 Å². The van der Waals surface area contributed by atoms with Crippen LogP contribution in [-0.2, 0) is 21.0 Å². The van der Waals surface area contributed by atoms with Gasteiger partial charge in [0.05, 0.1) is 24.4 Å². The number of piperidine rings is 1. The molecule has 2 aliphatic heterocycles. The number of sulfone groups is 1. The molecule has 9 nitrogen and oxygen atoms in total. The number of likely N-dealkylation sites (tertiary alicyclic amines) is 1. The van der Waals surface area contributed by atoms with Crippen molar-refractivity contribution in [3.05, 3.63) is 24.2 Å². The van der Waals surface area contributed by atoms with Crippen LogP contribution in [-0.4, -0.2) is 75.2 Å². The molecule has 1 unspecified atom stereocenters. The van der Waals surface area contributed by atoms with Crippen molar-refractivity contribution in [2.45, 2.75) is 44.7 Å². The van der Waals surface area contributed by atoms with Crippen molar-refractivity contribution in [2.75, 3.05) is 37.7 Å². The van der Waals surface area contributed by atoms with E-state index in [0.29, 0.717) is 45.0 Å². The van der Waals surface area contributed by atoms with E-state index in [9.17, 15) is 13.2 Å². The predicted molar refractivity (Wildman–Crippen MR) is 110 cm³/mol. The summed E-state index contributed by atoms with van der Waals surface area (Å²) in [5, 5.41) is 6.69. The number of hydrogen-bond donors (Lipinski definition) is 2. The number of guanidine groups is 1. The van der Waals surface area contributed by atoms with Gasteiger partial charge in [-0.25, -0.2) is 13.2 Å². The van der Waals surface area contributed by atoms with E-state index in [0.717, 1.165) is 18.6 Å². The fraction of sp³-hybridized carbons (Fsp3) is 0.684. The van der Waals surface area contributed by atoms with Crippen molar-refractivity contribution >= 4 is 21.9 Å². The molecule has 29 heavy (non-hydrogen) atoms. The van der Waals surface area contributed by atoms with Crippen LogP contribution in [0, 0.1) is 0 Å². The molecule has 3 rings (SSSR count). The number of amides is 1. The number of hydrogen-bond acceptors (Lipinski definition) is 6. The van der Waals surface area contributed by atoms with Crippen molar-refractivity contribution < 1.29 is 22.4 Å². The van der Waals surface area contributed by atoms with Gasteiger partial charge in [-0.15, -0.1) is 0 Å². The molecule has 0 bridgehead atoms. The molecule has 2 fully saturated rings. The minimum absolute atomic E-state index is 0.130. The lowest BCUT2D eigenvalue weighted by molar-refractivity contribution is 0.0963. The van der Waals surface area contributed by atoms with Crippen LogP contribution in [0.3, 0.4) is 0 Å². The first-order chi connectivity index (χ1) is 13.9. The third-order valence-corrected chi connectivity index (χ3v) is 6.91. The monoisotopic (exact) mass is 426 g/mol. The second kappa shape index (κ2) is 10.00. The second-order valence-electron chi connectivity index (χ2n) is 7.41. The van der Waals surface area contributed by atoms with E-state index >= 15 is 0 Å². The first-order valence-electron chi connectivity index (χ1n) is 10.2.